The summed E-state index contributed by atoms with van der Waals surface area (Å²) in [5.41, 5.74) is -1.29. The van der Waals surface area contributed by atoms with E-state index in [4.69, 9.17) is 4.74 Å². The second-order valence-corrected chi connectivity index (χ2v) is 5.37. The highest BCUT2D eigenvalue weighted by Crippen LogP contribution is 2.33. The van der Waals surface area contributed by atoms with Crippen LogP contribution in [0, 0.1) is 11.3 Å². The number of amides is 1. The van der Waals surface area contributed by atoms with Gasteiger partial charge < -0.3 is 4.74 Å². The third-order valence-corrected chi connectivity index (χ3v) is 2.79. The van der Waals surface area contributed by atoms with Gasteiger partial charge in [-0.1, -0.05) is 6.08 Å². The largest absolute Gasteiger partial charge is 0.444 e. The van der Waals surface area contributed by atoms with Crippen molar-refractivity contribution in [2.75, 3.05) is 6.54 Å². The molecule has 1 fully saturated rings. The van der Waals surface area contributed by atoms with Crippen molar-refractivity contribution >= 4 is 6.09 Å². The van der Waals surface area contributed by atoms with E-state index in [-0.39, 0.29) is 0 Å². The van der Waals surface area contributed by atoms with Crippen LogP contribution in [0.5, 0.6) is 0 Å². The molecule has 1 unspecified atom stereocenters. The molecule has 0 aromatic rings. The average Bonchev–Trinajstić information content (AvgIpc) is 2.60. The summed E-state index contributed by atoms with van der Waals surface area (Å²) in [6, 6.07) is 2.25. The Hall–Kier alpha value is -1.50. The van der Waals surface area contributed by atoms with E-state index in [1.165, 1.54) is 0 Å². The molecule has 1 rings (SSSR count). The fourth-order valence-electron chi connectivity index (χ4n) is 2.07. The molecule has 0 bridgehead atoms. The molecule has 0 aromatic carbocycles. The molecular weight excluding hydrogens is 216 g/mol. The van der Waals surface area contributed by atoms with Crippen molar-refractivity contribution in [1.82, 2.24) is 4.90 Å². The lowest BCUT2D eigenvalue weighted by molar-refractivity contribution is 0.0160. The highest BCUT2D eigenvalue weighted by molar-refractivity contribution is 5.70. The minimum Gasteiger partial charge on any atom is -0.444 e. The van der Waals surface area contributed by atoms with Crippen molar-refractivity contribution in [3.8, 4) is 6.07 Å². The Bertz CT molecular complexity index is 351. The van der Waals surface area contributed by atoms with Crippen LogP contribution >= 0.6 is 0 Å². The van der Waals surface area contributed by atoms with Crippen molar-refractivity contribution < 1.29 is 9.53 Å². The summed E-state index contributed by atoms with van der Waals surface area (Å²) < 4.78 is 5.33. The Kier molecular flexibility index (Phi) is 3.82. The van der Waals surface area contributed by atoms with Crippen LogP contribution in [0.4, 0.5) is 4.79 Å². The summed E-state index contributed by atoms with van der Waals surface area (Å²) in [4.78, 5) is 13.6. The van der Waals surface area contributed by atoms with E-state index in [0.29, 0.717) is 19.4 Å². The summed E-state index contributed by atoms with van der Waals surface area (Å²) in [5, 5.41) is 9.32. The summed E-state index contributed by atoms with van der Waals surface area (Å²) >= 11 is 0. The fraction of sp³-hybridized carbons (Fsp3) is 0.692. The van der Waals surface area contributed by atoms with Crippen molar-refractivity contribution in [3.63, 3.8) is 0 Å². The van der Waals surface area contributed by atoms with Crippen LogP contribution in [-0.2, 0) is 4.74 Å². The van der Waals surface area contributed by atoms with E-state index in [9.17, 15) is 10.1 Å². The molecule has 0 saturated carbocycles. The number of ether oxygens (including phenoxy) is 1. The van der Waals surface area contributed by atoms with Gasteiger partial charge in [0.1, 0.15) is 11.1 Å². The fourth-order valence-corrected chi connectivity index (χ4v) is 2.07. The van der Waals surface area contributed by atoms with E-state index < -0.39 is 17.2 Å². The Labute approximate surface area is 103 Å². The maximum atomic E-state index is 12.0. The zero-order valence-corrected chi connectivity index (χ0v) is 10.8. The number of hydrogen-bond donors (Lipinski definition) is 0. The molecule has 1 saturated heterocycles. The number of nitrogens with zero attached hydrogens (tertiary/aromatic N) is 2. The first-order chi connectivity index (χ1) is 7.84. The molecule has 1 heterocycles. The van der Waals surface area contributed by atoms with Crippen molar-refractivity contribution in [3.05, 3.63) is 12.7 Å². The molecule has 0 radical (unpaired) electrons. The molecule has 1 amide bonds. The predicted octanol–water partition coefficient (Wildman–Crippen LogP) is 2.86. The zero-order chi connectivity index (χ0) is 13.1. The zero-order valence-electron chi connectivity index (χ0n) is 10.8. The highest BCUT2D eigenvalue weighted by atomic mass is 16.6. The van der Waals surface area contributed by atoms with Gasteiger partial charge in [-0.25, -0.2) is 4.79 Å². The van der Waals surface area contributed by atoms with Crippen LogP contribution in [0.25, 0.3) is 0 Å². The minimum absolute atomic E-state index is 0.404. The minimum atomic E-state index is -0.760. The second kappa shape index (κ2) is 4.79. The van der Waals surface area contributed by atoms with Crippen LogP contribution in [0.1, 0.15) is 40.0 Å². The lowest BCUT2D eigenvalue weighted by atomic mass is 9.94. The lowest BCUT2D eigenvalue weighted by Gasteiger charge is -2.33. The van der Waals surface area contributed by atoms with Crippen molar-refractivity contribution in [1.29, 1.82) is 5.26 Å². The Morgan fingerprint density at radius 1 is 1.65 bits per heavy atom. The van der Waals surface area contributed by atoms with Gasteiger partial charge in [-0.2, -0.15) is 5.26 Å². The Morgan fingerprint density at radius 3 is 2.76 bits per heavy atom. The maximum absolute atomic E-state index is 12.0. The number of rotatable bonds is 2. The van der Waals surface area contributed by atoms with Gasteiger partial charge in [0.2, 0.25) is 0 Å². The van der Waals surface area contributed by atoms with Crippen LogP contribution in [0.3, 0.4) is 0 Å². The monoisotopic (exact) mass is 236 g/mol. The SMILES string of the molecule is C=CCC1(C#N)CCCN1C(=O)OC(C)(C)C. The predicted molar refractivity (Wildman–Crippen MR) is 65.3 cm³/mol. The van der Waals surface area contributed by atoms with Crippen LogP contribution in [-0.4, -0.2) is 28.7 Å². The number of nitriles is 1. The third-order valence-electron chi connectivity index (χ3n) is 2.79. The Balaban J connectivity index is 2.85. The molecule has 4 nitrogen and oxygen atoms in total. The first kappa shape index (κ1) is 13.6. The van der Waals surface area contributed by atoms with Gasteiger partial charge in [0.25, 0.3) is 0 Å². The topological polar surface area (TPSA) is 53.3 Å². The molecule has 1 aliphatic rings. The standard InChI is InChI=1S/C13H20N2O2/c1-5-7-13(10-14)8-6-9-15(13)11(16)17-12(2,3)4/h5H,1,6-9H2,2-4H3. The van der Waals surface area contributed by atoms with Crippen molar-refractivity contribution in [2.24, 2.45) is 0 Å². The van der Waals surface area contributed by atoms with Gasteiger partial charge in [-0.3, -0.25) is 4.90 Å². The molecular formula is C13H20N2O2. The van der Waals surface area contributed by atoms with Crippen LogP contribution < -0.4 is 0 Å². The van der Waals surface area contributed by atoms with Crippen molar-refractivity contribution in [2.45, 2.75) is 51.2 Å². The molecule has 4 heteroatoms. The summed E-state index contributed by atoms with van der Waals surface area (Å²) in [5.74, 6) is 0. The molecule has 94 valence electrons. The van der Waals surface area contributed by atoms with Gasteiger partial charge in [-0.05, 0) is 33.6 Å². The smallest absolute Gasteiger partial charge is 0.411 e. The quantitative estimate of drug-likeness (QED) is 0.693. The maximum Gasteiger partial charge on any atom is 0.411 e. The van der Waals surface area contributed by atoms with Crippen LogP contribution in [0.2, 0.25) is 0 Å². The Morgan fingerprint density at radius 2 is 2.29 bits per heavy atom. The average molecular weight is 236 g/mol. The molecule has 1 atom stereocenters. The number of hydrogen-bond acceptors (Lipinski definition) is 3. The molecule has 0 aliphatic carbocycles. The van der Waals surface area contributed by atoms with E-state index in [1.54, 1.807) is 11.0 Å². The van der Waals surface area contributed by atoms with E-state index in [1.807, 2.05) is 20.8 Å². The number of carbonyl (C=O) groups excluding carboxylic acids is 1. The number of carbonyl (C=O) groups is 1. The lowest BCUT2D eigenvalue weighted by Crippen LogP contribution is -2.48. The van der Waals surface area contributed by atoms with Gasteiger partial charge in [0, 0.05) is 13.0 Å². The molecule has 17 heavy (non-hydrogen) atoms. The molecule has 1 aliphatic heterocycles. The van der Waals surface area contributed by atoms with Gasteiger partial charge in [0.05, 0.1) is 6.07 Å². The van der Waals surface area contributed by atoms with Gasteiger partial charge in [-0.15, -0.1) is 6.58 Å². The third kappa shape index (κ3) is 3.00. The number of likely N-dealkylation sites (tertiary alicyclic amines) is 1. The second-order valence-electron chi connectivity index (χ2n) is 5.37. The summed E-state index contributed by atoms with van der Waals surface area (Å²) in [7, 11) is 0. The van der Waals surface area contributed by atoms with E-state index >= 15 is 0 Å². The van der Waals surface area contributed by atoms with Crippen LogP contribution in [0.15, 0.2) is 12.7 Å². The molecule has 0 spiro atoms. The summed E-state index contributed by atoms with van der Waals surface area (Å²) in [6.45, 7) is 9.70. The van der Waals surface area contributed by atoms with Gasteiger partial charge >= 0.3 is 6.09 Å². The first-order valence-corrected chi connectivity index (χ1v) is 5.87. The molecule has 0 aromatic heterocycles. The van der Waals surface area contributed by atoms with Gasteiger partial charge in [0.15, 0.2) is 0 Å². The first-order valence-electron chi connectivity index (χ1n) is 5.87. The summed E-state index contributed by atoms with van der Waals surface area (Å²) in [6.07, 6.45) is 3.29. The van der Waals surface area contributed by atoms with E-state index in [2.05, 4.69) is 12.6 Å². The highest BCUT2D eigenvalue weighted by Gasteiger charge is 2.44. The van der Waals surface area contributed by atoms with E-state index in [0.717, 1.165) is 6.42 Å². The molecule has 0 N–H and O–H groups in total. The normalized spacial score (nSPS) is 24.2.